The summed E-state index contributed by atoms with van der Waals surface area (Å²) in [5, 5.41) is 8.74. The summed E-state index contributed by atoms with van der Waals surface area (Å²) < 4.78 is 0. The molecule has 0 N–H and O–H groups in total. The van der Waals surface area contributed by atoms with Gasteiger partial charge in [0, 0.05) is 26.2 Å². The lowest BCUT2D eigenvalue weighted by atomic mass is 10.2. The largest absolute Gasteiger partial charge is 0.261 e. The van der Waals surface area contributed by atoms with Crippen molar-refractivity contribution < 1.29 is 0 Å². The molecule has 86 valence electrons. The molecule has 6 heteroatoms. The Balaban J connectivity index is 0.000000151. The summed E-state index contributed by atoms with van der Waals surface area (Å²) in [6.45, 7) is 3.46. The average Bonchev–Trinajstić information content (AvgIpc) is 2.84. The second kappa shape index (κ2) is 7.14. The number of hydrogen-bond donors (Lipinski definition) is 0. The number of piperidine rings is 1. The Labute approximate surface area is 89.5 Å². The van der Waals surface area contributed by atoms with Gasteiger partial charge in [-0.1, -0.05) is 0 Å². The zero-order chi connectivity index (χ0) is 10.9. The normalized spacial score (nSPS) is 20.5. The van der Waals surface area contributed by atoms with Crippen molar-refractivity contribution in [3.8, 4) is 0 Å². The summed E-state index contributed by atoms with van der Waals surface area (Å²) >= 11 is 0. The van der Waals surface area contributed by atoms with Gasteiger partial charge in [0.1, 0.15) is 0 Å². The molecule has 0 aromatic heterocycles. The van der Waals surface area contributed by atoms with Crippen molar-refractivity contribution in [1.82, 2.24) is 10.0 Å². The van der Waals surface area contributed by atoms with Gasteiger partial charge >= 0.3 is 0 Å². The lowest BCUT2D eigenvalue weighted by molar-refractivity contribution is 0.236. The van der Waals surface area contributed by atoms with Crippen molar-refractivity contribution in [3.05, 3.63) is 9.81 Å². The van der Waals surface area contributed by atoms with E-state index in [2.05, 4.69) is 10.6 Å². The van der Waals surface area contributed by atoms with Crippen molar-refractivity contribution >= 4 is 0 Å². The Hall–Kier alpha value is -1.20. The van der Waals surface area contributed by atoms with Crippen LogP contribution in [0.5, 0.6) is 0 Å². The van der Waals surface area contributed by atoms with Crippen LogP contribution in [-0.2, 0) is 0 Å². The highest BCUT2D eigenvalue weighted by Gasteiger charge is 2.08. The van der Waals surface area contributed by atoms with Gasteiger partial charge in [0.2, 0.25) is 0 Å². The second-order valence-corrected chi connectivity index (χ2v) is 3.84. The Morgan fingerprint density at radius 1 is 0.600 bits per heavy atom. The fraction of sp³-hybridized carbons (Fsp3) is 1.00. The Bertz CT molecular complexity index is 189. The van der Waals surface area contributed by atoms with E-state index in [1.165, 1.54) is 6.42 Å². The Morgan fingerprint density at radius 2 is 0.933 bits per heavy atom. The fourth-order valence-corrected chi connectivity index (χ4v) is 1.74. The maximum Gasteiger partial charge on any atom is 0.0523 e. The molecule has 0 saturated carbocycles. The summed E-state index contributed by atoms with van der Waals surface area (Å²) in [6, 6.07) is 0. The summed E-state index contributed by atoms with van der Waals surface area (Å²) in [7, 11) is 0. The van der Waals surface area contributed by atoms with Crippen molar-refractivity contribution in [3.63, 3.8) is 0 Å². The van der Waals surface area contributed by atoms with Gasteiger partial charge in [0.15, 0.2) is 0 Å². The molecule has 2 aliphatic rings. The van der Waals surface area contributed by atoms with E-state index < -0.39 is 0 Å². The van der Waals surface area contributed by atoms with E-state index in [-0.39, 0.29) is 0 Å². The van der Waals surface area contributed by atoms with Crippen LogP contribution >= 0.6 is 0 Å². The molecule has 0 aromatic carbocycles. The molecule has 0 atom stereocenters. The third-order valence-corrected chi connectivity index (χ3v) is 2.65. The molecule has 2 aliphatic heterocycles. The maximum absolute atomic E-state index is 9.84. The van der Waals surface area contributed by atoms with Crippen molar-refractivity contribution in [2.75, 3.05) is 26.2 Å². The number of nitrogens with zero attached hydrogens (tertiary/aromatic N) is 4. The summed E-state index contributed by atoms with van der Waals surface area (Å²) in [6.07, 6.45) is 5.78. The van der Waals surface area contributed by atoms with Gasteiger partial charge in [0.05, 0.1) is 10.6 Å². The zero-order valence-corrected chi connectivity index (χ0v) is 8.97. The zero-order valence-electron chi connectivity index (χ0n) is 8.97. The SMILES string of the molecule is O=NN1CCCC1.O=NN1CCCCC1. The van der Waals surface area contributed by atoms with Crippen LogP contribution in [-0.4, -0.2) is 36.2 Å². The first kappa shape index (κ1) is 11.9. The number of nitroso groups, excluding NO2 is 2. The lowest BCUT2D eigenvalue weighted by Crippen LogP contribution is -2.23. The van der Waals surface area contributed by atoms with E-state index in [1.807, 2.05) is 0 Å². The maximum atomic E-state index is 9.84. The van der Waals surface area contributed by atoms with E-state index >= 15 is 0 Å². The van der Waals surface area contributed by atoms with Crippen LogP contribution in [0.1, 0.15) is 32.1 Å². The predicted octanol–water partition coefficient (Wildman–Crippen LogP) is 1.92. The highest BCUT2D eigenvalue weighted by atomic mass is 16.3. The van der Waals surface area contributed by atoms with Crippen LogP contribution in [0.3, 0.4) is 0 Å². The molecule has 2 saturated heterocycles. The van der Waals surface area contributed by atoms with E-state index in [4.69, 9.17) is 0 Å². The third kappa shape index (κ3) is 4.71. The molecular weight excluding hydrogens is 196 g/mol. The van der Waals surface area contributed by atoms with E-state index in [9.17, 15) is 9.81 Å². The van der Waals surface area contributed by atoms with Gasteiger partial charge in [0.25, 0.3) is 0 Å². The van der Waals surface area contributed by atoms with Crippen LogP contribution in [0.2, 0.25) is 0 Å². The summed E-state index contributed by atoms with van der Waals surface area (Å²) in [4.78, 5) is 19.5. The molecule has 0 amide bonds. The topological polar surface area (TPSA) is 65.3 Å². The summed E-state index contributed by atoms with van der Waals surface area (Å²) in [5.74, 6) is 0. The molecule has 15 heavy (non-hydrogen) atoms. The molecular formula is C9H18N4O2. The van der Waals surface area contributed by atoms with E-state index in [1.54, 1.807) is 10.0 Å². The van der Waals surface area contributed by atoms with Crippen LogP contribution in [0, 0.1) is 9.81 Å². The van der Waals surface area contributed by atoms with Gasteiger partial charge in [-0.3, -0.25) is 10.0 Å². The molecule has 0 aliphatic carbocycles. The Kier molecular flexibility index (Phi) is 5.65. The van der Waals surface area contributed by atoms with Crippen LogP contribution in [0.25, 0.3) is 0 Å². The van der Waals surface area contributed by atoms with Crippen molar-refractivity contribution in [1.29, 1.82) is 0 Å². The molecule has 0 bridgehead atoms. The predicted molar refractivity (Wildman–Crippen MR) is 57.8 cm³/mol. The average molecular weight is 214 g/mol. The number of hydrogen-bond acceptors (Lipinski definition) is 4. The van der Waals surface area contributed by atoms with Gasteiger partial charge < -0.3 is 0 Å². The molecule has 2 fully saturated rings. The molecule has 0 radical (unpaired) electrons. The minimum absolute atomic E-state index is 0.865. The minimum atomic E-state index is 0.865. The molecule has 6 nitrogen and oxygen atoms in total. The van der Waals surface area contributed by atoms with Crippen molar-refractivity contribution in [2.45, 2.75) is 32.1 Å². The smallest absolute Gasteiger partial charge is 0.0523 e. The van der Waals surface area contributed by atoms with Crippen LogP contribution < -0.4 is 0 Å². The van der Waals surface area contributed by atoms with Gasteiger partial charge in [-0.15, -0.1) is 9.81 Å². The first-order valence-corrected chi connectivity index (χ1v) is 5.53. The highest BCUT2D eigenvalue weighted by Crippen LogP contribution is 2.07. The molecule has 2 rings (SSSR count). The number of rotatable bonds is 2. The molecule has 0 aromatic rings. The quantitative estimate of drug-likeness (QED) is 0.659. The standard InChI is InChI=1S/C5H10N2O.C4H8N2O/c8-6-7-4-2-1-3-5-7;7-5-6-3-1-2-4-6/h1-5H2;1-4H2. The molecule has 0 spiro atoms. The van der Waals surface area contributed by atoms with Gasteiger partial charge in [-0.05, 0) is 32.1 Å². The monoisotopic (exact) mass is 214 g/mol. The van der Waals surface area contributed by atoms with Crippen molar-refractivity contribution in [2.24, 2.45) is 10.6 Å². The fourth-order valence-electron chi connectivity index (χ4n) is 1.74. The molecule has 0 unspecified atom stereocenters. The van der Waals surface area contributed by atoms with Crippen LogP contribution in [0.15, 0.2) is 10.6 Å². The summed E-state index contributed by atoms with van der Waals surface area (Å²) in [5.41, 5.74) is 0. The van der Waals surface area contributed by atoms with Gasteiger partial charge in [-0.2, -0.15) is 0 Å². The second-order valence-electron chi connectivity index (χ2n) is 3.84. The molecule has 2 heterocycles. The Morgan fingerprint density at radius 3 is 1.20 bits per heavy atom. The van der Waals surface area contributed by atoms with Crippen LogP contribution in [0.4, 0.5) is 0 Å². The first-order chi connectivity index (χ1) is 7.36. The highest BCUT2D eigenvalue weighted by molar-refractivity contribution is 4.60. The lowest BCUT2D eigenvalue weighted by Gasteiger charge is -2.19. The van der Waals surface area contributed by atoms with E-state index in [0.29, 0.717) is 0 Å². The van der Waals surface area contributed by atoms with Gasteiger partial charge in [-0.25, -0.2) is 0 Å². The minimum Gasteiger partial charge on any atom is -0.261 e. The third-order valence-electron chi connectivity index (χ3n) is 2.65. The van der Waals surface area contributed by atoms with E-state index in [0.717, 1.165) is 51.9 Å². The first-order valence-electron chi connectivity index (χ1n) is 5.53.